The molecule has 0 unspecified atom stereocenters. The third kappa shape index (κ3) is 2.37. The SMILES string of the molecule is Cc1ccc(F)cc1-c1cc(CN)ccc1C. The number of halogens is 1. The first kappa shape index (κ1) is 11.8. The molecule has 0 saturated heterocycles. The molecular formula is C15H16FN. The Morgan fingerprint density at radius 2 is 1.53 bits per heavy atom. The molecule has 0 atom stereocenters. The summed E-state index contributed by atoms with van der Waals surface area (Å²) in [6, 6.07) is 10.9. The van der Waals surface area contributed by atoms with Crippen molar-refractivity contribution < 1.29 is 4.39 Å². The van der Waals surface area contributed by atoms with Crippen LogP contribution in [-0.4, -0.2) is 0 Å². The summed E-state index contributed by atoms with van der Waals surface area (Å²) in [5.41, 5.74) is 10.9. The summed E-state index contributed by atoms with van der Waals surface area (Å²) in [5.74, 6) is -0.205. The van der Waals surface area contributed by atoms with Crippen molar-refractivity contribution in [3.8, 4) is 11.1 Å². The Hall–Kier alpha value is -1.67. The molecule has 0 aliphatic carbocycles. The quantitative estimate of drug-likeness (QED) is 0.837. The zero-order valence-electron chi connectivity index (χ0n) is 10.1. The van der Waals surface area contributed by atoms with Gasteiger partial charge in [0.1, 0.15) is 5.82 Å². The third-order valence-corrected chi connectivity index (χ3v) is 3.03. The lowest BCUT2D eigenvalue weighted by Gasteiger charge is -2.11. The van der Waals surface area contributed by atoms with E-state index in [-0.39, 0.29) is 5.82 Å². The zero-order chi connectivity index (χ0) is 12.4. The molecule has 0 heterocycles. The molecule has 0 spiro atoms. The van der Waals surface area contributed by atoms with Gasteiger partial charge < -0.3 is 5.73 Å². The van der Waals surface area contributed by atoms with E-state index in [1.165, 1.54) is 6.07 Å². The highest BCUT2D eigenvalue weighted by molar-refractivity contribution is 5.71. The number of nitrogens with two attached hydrogens (primary N) is 1. The summed E-state index contributed by atoms with van der Waals surface area (Å²) in [5, 5.41) is 0. The van der Waals surface area contributed by atoms with Crippen molar-refractivity contribution in [2.45, 2.75) is 20.4 Å². The van der Waals surface area contributed by atoms with E-state index in [0.717, 1.165) is 27.8 Å². The molecule has 2 heteroatoms. The van der Waals surface area contributed by atoms with Crippen LogP contribution in [0.15, 0.2) is 36.4 Å². The predicted molar refractivity (Wildman–Crippen MR) is 69.2 cm³/mol. The molecular weight excluding hydrogens is 213 g/mol. The number of benzene rings is 2. The second-order valence-corrected chi connectivity index (χ2v) is 4.31. The Balaban J connectivity index is 2.62. The molecule has 17 heavy (non-hydrogen) atoms. The van der Waals surface area contributed by atoms with Crippen molar-refractivity contribution in [1.29, 1.82) is 0 Å². The highest BCUT2D eigenvalue weighted by atomic mass is 19.1. The van der Waals surface area contributed by atoms with E-state index in [9.17, 15) is 4.39 Å². The molecule has 0 aliphatic heterocycles. The number of aryl methyl sites for hydroxylation is 2. The standard InChI is InChI=1S/C15H16FN/c1-10-3-5-12(9-17)7-14(10)15-8-13(16)6-4-11(15)2/h3-8H,9,17H2,1-2H3. The number of hydrogen-bond acceptors (Lipinski definition) is 1. The molecule has 88 valence electrons. The van der Waals surface area contributed by atoms with Gasteiger partial charge in [-0.15, -0.1) is 0 Å². The van der Waals surface area contributed by atoms with E-state index in [0.29, 0.717) is 6.54 Å². The number of rotatable bonds is 2. The highest BCUT2D eigenvalue weighted by Gasteiger charge is 2.07. The van der Waals surface area contributed by atoms with Crippen LogP contribution in [0.4, 0.5) is 4.39 Å². The largest absolute Gasteiger partial charge is 0.326 e. The molecule has 2 N–H and O–H groups in total. The van der Waals surface area contributed by atoms with Crippen LogP contribution in [0.2, 0.25) is 0 Å². The van der Waals surface area contributed by atoms with Crippen LogP contribution in [0.1, 0.15) is 16.7 Å². The second kappa shape index (κ2) is 4.68. The smallest absolute Gasteiger partial charge is 0.123 e. The zero-order valence-corrected chi connectivity index (χ0v) is 10.1. The van der Waals surface area contributed by atoms with Crippen LogP contribution in [0.5, 0.6) is 0 Å². The Morgan fingerprint density at radius 1 is 0.941 bits per heavy atom. The molecule has 0 aliphatic rings. The van der Waals surface area contributed by atoms with Crippen LogP contribution >= 0.6 is 0 Å². The topological polar surface area (TPSA) is 26.0 Å². The third-order valence-electron chi connectivity index (χ3n) is 3.03. The summed E-state index contributed by atoms with van der Waals surface area (Å²) in [6.45, 7) is 4.52. The van der Waals surface area contributed by atoms with Crippen LogP contribution in [-0.2, 0) is 6.54 Å². The van der Waals surface area contributed by atoms with Gasteiger partial charge in [-0.05, 0) is 59.9 Å². The molecule has 2 rings (SSSR count). The van der Waals surface area contributed by atoms with E-state index in [2.05, 4.69) is 0 Å². The van der Waals surface area contributed by atoms with Gasteiger partial charge in [0, 0.05) is 6.54 Å². The van der Waals surface area contributed by atoms with Crippen molar-refractivity contribution in [2.75, 3.05) is 0 Å². The van der Waals surface area contributed by atoms with Gasteiger partial charge in [0.05, 0.1) is 0 Å². The maximum absolute atomic E-state index is 13.3. The lowest BCUT2D eigenvalue weighted by atomic mass is 9.95. The van der Waals surface area contributed by atoms with Crippen LogP contribution < -0.4 is 5.73 Å². The van der Waals surface area contributed by atoms with E-state index in [4.69, 9.17) is 5.73 Å². The lowest BCUT2D eigenvalue weighted by Crippen LogP contribution is -1.97. The maximum Gasteiger partial charge on any atom is 0.123 e. The molecule has 1 nitrogen and oxygen atoms in total. The minimum atomic E-state index is -0.205. The van der Waals surface area contributed by atoms with Gasteiger partial charge in [-0.2, -0.15) is 0 Å². The molecule has 0 saturated carbocycles. The maximum atomic E-state index is 13.3. The summed E-state index contributed by atoms with van der Waals surface area (Å²) in [4.78, 5) is 0. The average molecular weight is 229 g/mol. The van der Waals surface area contributed by atoms with E-state index in [1.54, 1.807) is 12.1 Å². The first-order chi connectivity index (χ1) is 8.11. The van der Waals surface area contributed by atoms with Gasteiger partial charge in [0.25, 0.3) is 0 Å². The first-order valence-electron chi connectivity index (χ1n) is 5.68. The Kier molecular flexibility index (Phi) is 3.25. The normalized spacial score (nSPS) is 10.6. The molecule has 2 aromatic rings. The summed E-state index contributed by atoms with van der Waals surface area (Å²) in [6.07, 6.45) is 0. The molecule has 0 bridgehead atoms. The van der Waals surface area contributed by atoms with Crippen LogP contribution in [0.25, 0.3) is 11.1 Å². The Morgan fingerprint density at radius 3 is 2.18 bits per heavy atom. The van der Waals surface area contributed by atoms with Crippen molar-refractivity contribution in [2.24, 2.45) is 5.73 Å². The van der Waals surface area contributed by atoms with Crippen LogP contribution in [0.3, 0.4) is 0 Å². The number of hydrogen-bond donors (Lipinski definition) is 1. The molecule has 0 aromatic heterocycles. The van der Waals surface area contributed by atoms with E-state index in [1.807, 2.05) is 32.0 Å². The summed E-state index contributed by atoms with van der Waals surface area (Å²) >= 11 is 0. The summed E-state index contributed by atoms with van der Waals surface area (Å²) in [7, 11) is 0. The fourth-order valence-electron chi connectivity index (χ4n) is 1.97. The molecule has 0 fully saturated rings. The average Bonchev–Trinajstić information content (AvgIpc) is 2.33. The van der Waals surface area contributed by atoms with Gasteiger partial charge in [-0.25, -0.2) is 4.39 Å². The summed E-state index contributed by atoms with van der Waals surface area (Å²) < 4.78 is 13.3. The van der Waals surface area contributed by atoms with Crippen molar-refractivity contribution in [3.05, 3.63) is 58.9 Å². The highest BCUT2D eigenvalue weighted by Crippen LogP contribution is 2.28. The van der Waals surface area contributed by atoms with Gasteiger partial charge >= 0.3 is 0 Å². The van der Waals surface area contributed by atoms with Crippen LogP contribution in [0, 0.1) is 19.7 Å². The van der Waals surface area contributed by atoms with Gasteiger partial charge in [0.15, 0.2) is 0 Å². The second-order valence-electron chi connectivity index (χ2n) is 4.31. The fraction of sp³-hybridized carbons (Fsp3) is 0.200. The first-order valence-corrected chi connectivity index (χ1v) is 5.68. The fourth-order valence-corrected chi connectivity index (χ4v) is 1.97. The predicted octanol–water partition coefficient (Wildman–Crippen LogP) is 3.57. The van der Waals surface area contributed by atoms with Crippen molar-refractivity contribution in [1.82, 2.24) is 0 Å². The van der Waals surface area contributed by atoms with Crippen molar-refractivity contribution in [3.63, 3.8) is 0 Å². The van der Waals surface area contributed by atoms with E-state index < -0.39 is 0 Å². The molecule has 0 amide bonds. The Bertz CT molecular complexity index is 547. The van der Waals surface area contributed by atoms with Gasteiger partial charge in [0.2, 0.25) is 0 Å². The minimum absolute atomic E-state index is 0.205. The minimum Gasteiger partial charge on any atom is -0.326 e. The van der Waals surface area contributed by atoms with E-state index >= 15 is 0 Å². The molecule has 2 aromatic carbocycles. The monoisotopic (exact) mass is 229 g/mol. The van der Waals surface area contributed by atoms with Crippen molar-refractivity contribution >= 4 is 0 Å². The molecule has 0 radical (unpaired) electrons. The van der Waals surface area contributed by atoms with Gasteiger partial charge in [-0.1, -0.05) is 18.2 Å². The Labute approximate surface area is 101 Å². The van der Waals surface area contributed by atoms with Gasteiger partial charge in [-0.3, -0.25) is 0 Å². The lowest BCUT2D eigenvalue weighted by molar-refractivity contribution is 0.628.